The standard InChI is InChI=1S/C9H7F4NO3/c10-6-2-1-3-7(8(6)14(15)16)17-5-4-9(11,12)13/h1-3H,4-5H2. The molecular formula is C9H7F4NO3. The van der Waals surface area contributed by atoms with E-state index >= 15 is 0 Å². The van der Waals surface area contributed by atoms with E-state index in [-0.39, 0.29) is 0 Å². The molecule has 17 heavy (non-hydrogen) atoms. The first-order valence-electron chi connectivity index (χ1n) is 4.44. The van der Waals surface area contributed by atoms with Crippen molar-refractivity contribution in [3.63, 3.8) is 0 Å². The zero-order valence-electron chi connectivity index (χ0n) is 8.33. The van der Waals surface area contributed by atoms with E-state index in [1.807, 2.05) is 0 Å². The van der Waals surface area contributed by atoms with Gasteiger partial charge < -0.3 is 4.74 Å². The Hall–Kier alpha value is -1.86. The topological polar surface area (TPSA) is 52.4 Å². The maximum absolute atomic E-state index is 13.0. The van der Waals surface area contributed by atoms with Gasteiger partial charge in [-0.15, -0.1) is 0 Å². The van der Waals surface area contributed by atoms with Crippen LogP contribution < -0.4 is 4.74 Å². The maximum Gasteiger partial charge on any atom is 0.392 e. The van der Waals surface area contributed by atoms with Crippen LogP contribution in [0.15, 0.2) is 18.2 Å². The van der Waals surface area contributed by atoms with Crippen LogP contribution in [0.25, 0.3) is 0 Å². The monoisotopic (exact) mass is 253 g/mol. The molecule has 0 heterocycles. The van der Waals surface area contributed by atoms with Crippen LogP contribution in [0, 0.1) is 15.9 Å². The summed E-state index contributed by atoms with van der Waals surface area (Å²) in [6.07, 6.45) is -5.69. The van der Waals surface area contributed by atoms with E-state index in [2.05, 4.69) is 4.74 Å². The summed E-state index contributed by atoms with van der Waals surface area (Å²) < 4.78 is 53.0. The first-order chi connectivity index (χ1) is 7.81. The van der Waals surface area contributed by atoms with Crippen LogP contribution in [0.2, 0.25) is 0 Å². The molecular weight excluding hydrogens is 246 g/mol. The molecule has 94 valence electrons. The molecule has 0 amide bonds. The molecule has 0 saturated heterocycles. The van der Waals surface area contributed by atoms with Crippen molar-refractivity contribution in [2.24, 2.45) is 0 Å². The van der Waals surface area contributed by atoms with E-state index in [1.54, 1.807) is 0 Å². The lowest BCUT2D eigenvalue weighted by Crippen LogP contribution is -2.13. The molecule has 8 heteroatoms. The summed E-state index contributed by atoms with van der Waals surface area (Å²) in [6.45, 7) is -0.798. The Morgan fingerprint density at radius 1 is 1.35 bits per heavy atom. The average Bonchev–Trinajstić information content (AvgIpc) is 2.14. The number of benzene rings is 1. The quantitative estimate of drug-likeness (QED) is 0.470. The molecule has 1 aromatic carbocycles. The Balaban J connectivity index is 2.78. The highest BCUT2D eigenvalue weighted by atomic mass is 19.4. The fraction of sp³-hybridized carbons (Fsp3) is 0.333. The van der Waals surface area contributed by atoms with Crippen molar-refractivity contribution in [1.29, 1.82) is 0 Å². The number of hydrogen-bond acceptors (Lipinski definition) is 3. The molecule has 0 aliphatic carbocycles. The van der Waals surface area contributed by atoms with Crippen LogP contribution in [0.3, 0.4) is 0 Å². The van der Waals surface area contributed by atoms with E-state index in [4.69, 9.17) is 0 Å². The highest BCUT2D eigenvalue weighted by Crippen LogP contribution is 2.30. The van der Waals surface area contributed by atoms with Gasteiger partial charge in [-0.3, -0.25) is 10.1 Å². The van der Waals surface area contributed by atoms with Gasteiger partial charge in [0.05, 0.1) is 18.0 Å². The number of nitrogens with zero attached hydrogens (tertiary/aromatic N) is 1. The molecule has 0 atom stereocenters. The number of nitro groups is 1. The Bertz CT molecular complexity index is 419. The van der Waals surface area contributed by atoms with Gasteiger partial charge in [-0.1, -0.05) is 6.07 Å². The summed E-state index contributed by atoms with van der Waals surface area (Å²) in [5, 5.41) is 10.5. The van der Waals surface area contributed by atoms with Gasteiger partial charge in [0.2, 0.25) is 5.82 Å². The number of ether oxygens (including phenoxy) is 1. The SMILES string of the molecule is O=[N+]([O-])c1c(F)cccc1OCCC(F)(F)F. The molecule has 0 fully saturated rings. The molecule has 4 nitrogen and oxygen atoms in total. The number of hydrogen-bond donors (Lipinski definition) is 0. The predicted molar refractivity (Wildman–Crippen MR) is 49.2 cm³/mol. The van der Waals surface area contributed by atoms with Gasteiger partial charge in [0.1, 0.15) is 0 Å². The van der Waals surface area contributed by atoms with Crippen molar-refractivity contribution in [3.05, 3.63) is 34.1 Å². The zero-order valence-corrected chi connectivity index (χ0v) is 8.33. The van der Waals surface area contributed by atoms with Crippen LogP contribution in [-0.2, 0) is 0 Å². The highest BCUT2D eigenvalue weighted by Gasteiger charge is 2.28. The van der Waals surface area contributed by atoms with E-state index < -0.39 is 41.4 Å². The lowest BCUT2D eigenvalue weighted by Gasteiger charge is -2.08. The molecule has 0 aromatic heterocycles. The van der Waals surface area contributed by atoms with Crippen molar-refractivity contribution in [3.8, 4) is 5.75 Å². The molecule has 0 aliphatic rings. The predicted octanol–water partition coefficient (Wildman–Crippen LogP) is 3.07. The Labute approximate surface area is 93.0 Å². The van der Waals surface area contributed by atoms with Crippen molar-refractivity contribution in [1.82, 2.24) is 0 Å². The van der Waals surface area contributed by atoms with Crippen LogP contribution in [0.4, 0.5) is 23.2 Å². The van der Waals surface area contributed by atoms with E-state index in [0.717, 1.165) is 18.2 Å². The van der Waals surface area contributed by atoms with Gasteiger partial charge >= 0.3 is 11.9 Å². The summed E-state index contributed by atoms with van der Waals surface area (Å²) in [6, 6.07) is 2.98. The maximum atomic E-state index is 13.0. The van der Waals surface area contributed by atoms with E-state index in [9.17, 15) is 27.7 Å². The Morgan fingerprint density at radius 3 is 2.53 bits per heavy atom. The third-order valence-electron chi connectivity index (χ3n) is 1.78. The van der Waals surface area contributed by atoms with Gasteiger partial charge in [0.15, 0.2) is 5.75 Å². The normalized spacial score (nSPS) is 11.3. The fourth-order valence-electron chi connectivity index (χ4n) is 1.07. The second kappa shape index (κ2) is 4.98. The molecule has 0 aliphatic heterocycles. The van der Waals surface area contributed by atoms with E-state index in [0.29, 0.717) is 0 Å². The number of rotatable bonds is 4. The van der Waals surface area contributed by atoms with Crippen LogP contribution in [0.1, 0.15) is 6.42 Å². The summed E-state index contributed by atoms with van der Waals surface area (Å²) in [5.41, 5.74) is -0.963. The first kappa shape index (κ1) is 13.2. The third-order valence-corrected chi connectivity index (χ3v) is 1.78. The summed E-state index contributed by atoms with van der Waals surface area (Å²) in [4.78, 5) is 9.42. The lowest BCUT2D eigenvalue weighted by atomic mass is 10.3. The minimum atomic E-state index is -4.43. The Morgan fingerprint density at radius 2 is 2.00 bits per heavy atom. The van der Waals surface area contributed by atoms with Gasteiger partial charge in [-0.05, 0) is 12.1 Å². The summed E-state index contributed by atoms with van der Waals surface area (Å²) in [5.74, 6) is -1.67. The van der Waals surface area contributed by atoms with E-state index in [1.165, 1.54) is 0 Å². The van der Waals surface area contributed by atoms with Crippen LogP contribution >= 0.6 is 0 Å². The minimum absolute atomic E-state index is 0.515. The zero-order chi connectivity index (χ0) is 13.1. The summed E-state index contributed by atoms with van der Waals surface area (Å²) in [7, 11) is 0. The molecule has 1 rings (SSSR count). The molecule has 0 saturated carbocycles. The molecule has 0 bridgehead atoms. The van der Waals surface area contributed by atoms with Crippen LogP contribution in [-0.4, -0.2) is 17.7 Å². The number of halogens is 4. The summed E-state index contributed by atoms with van der Waals surface area (Å²) >= 11 is 0. The number of para-hydroxylation sites is 1. The molecule has 0 radical (unpaired) electrons. The highest BCUT2D eigenvalue weighted by molar-refractivity contribution is 5.47. The van der Waals surface area contributed by atoms with Gasteiger partial charge in [-0.25, -0.2) is 0 Å². The second-order valence-corrected chi connectivity index (χ2v) is 3.06. The van der Waals surface area contributed by atoms with Crippen molar-refractivity contribution in [2.45, 2.75) is 12.6 Å². The Kier molecular flexibility index (Phi) is 3.87. The van der Waals surface area contributed by atoms with Crippen molar-refractivity contribution in [2.75, 3.05) is 6.61 Å². The van der Waals surface area contributed by atoms with Crippen molar-refractivity contribution >= 4 is 5.69 Å². The average molecular weight is 253 g/mol. The lowest BCUT2D eigenvalue weighted by molar-refractivity contribution is -0.388. The van der Waals surface area contributed by atoms with Gasteiger partial charge in [0.25, 0.3) is 0 Å². The van der Waals surface area contributed by atoms with Gasteiger partial charge in [-0.2, -0.15) is 17.6 Å². The van der Waals surface area contributed by atoms with Crippen LogP contribution in [0.5, 0.6) is 5.75 Å². The molecule has 0 N–H and O–H groups in total. The molecule has 1 aromatic rings. The van der Waals surface area contributed by atoms with Gasteiger partial charge in [0, 0.05) is 0 Å². The first-order valence-corrected chi connectivity index (χ1v) is 4.44. The molecule has 0 spiro atoms. The third kappa shape index (κ3) is 3.89. The smallest absolute Gasteiger partial charge is 0.392 e. The van der Waals surface area contributed by atoms with Crippen molar-refractivity contribution < 1.29 is 27.2 Å². The molecule has 0 unspecified atom stereocenters. The fourth-order valence-corrected chi connectivity index (χ4v) is 1.07. The second-order valence-electron chi connectivity index (χ2n) is 3.06. The number of alkyl halides is 3. The minimum Gasteiger partial charge on any atom is -0.486 e. The number of nitro benzene ring substituents is 1. The largest absolute Gasteiger partial charge is 0.486 e.